The van der Waals surface area contributed by atoms with Crippen molar-refractivity contribution in [1.82, 2.24) is 4.90 Å². The van der Waals surface area contributed by atoms with Gasteiger partial charge in [0.15, 0.2) is 0 Å². The lowest BCUT2D eigenvalue weighted by molar-refractivity contribution is -0.137. The number of amides is 2. The fourth-order valence-electron chi connectivity index (χ4n) is 4.20. The molecule has 0 saturated carbocycles. The van der Waals surface area contributed by atoms with E-state index in [0.29, 0.717) is 49.9 Å². The van der Waals surface area contributed by atoms with Gasteiger partial charge in [-0.2, -0.15) is 0 Å². The van der Waals surface area contributed by atoms with E-state index in [1.807, 2.05) is 47.4 Å². The van der Waals surface area contributed by atoms with Crippen LogP contribution in [-0.2, 0) is 20.7 Å². The smallest absolute Gasteiger partial charge is 0.278 e. The van der Waals surface area contributed by atoms with Crippen LogP contribution >= 0.6 is 0 Å². The van der Waals surface area contributed by atoms with E-state index in [2.05, 4.69) is 19.9 Å². The zero-order valence-corrected chi connectivity index (χ0v) is 19.0. The quantitative estimate of drug-likeness (QED) is 0.443. The van der Waals surface area contributed by atoms with Gasteiger partial charge in [-0.15, -0.1) is 0 Å². The SMILES string of the molecule is COCCCN1C(=O)C(c2ccc(OCC(C)C)cc2)=C(N2CCc3ccccc32)C1=O. The van der Waals surface area contributed by atoms with Gasteiger partial charge >= 0.3 is 0 Å². The van der Waals surface area contributed by atoms with Crippen molar-refractivity contribution in [1.29, 1.82) is 0 Å². The first-order valence-electron chi connectivity index (χ1n) is 11.2. The molecule has 2 aromatic carbocycles. The lowest BCUT2D eigenvalue weighted by Gasteiger charge is -2.21. The fourth-order valence-corrected chi connectivity index (χ4v) is 4.20. The second-order valence-corrected chi connectivity index (χ2v) is 8.59. The molecule has 0 spiro atoms. The minimum Gasteiger partial charge on any atom is -0.493 e. The van der Waals surface area contributed by atoms with E-state index in [-0.39, 0.29) is 11.8 Å². The Kier molecular flexibility index (Phi) is 6.61. The molecule has 2 aliphatic rings. The van der Waals surface area contributed by atoms with E-state index >= 15 is 0 Å². The lowest BCUT2D eigenvalue weighted by Crippen LogP contribution is -2.36. The van der Waals surface area contributed by atoms with Gasteiger partial charge in [-0.05, 0) is 48.1 Å². The summed E-state index contributed by atoms with van der Waals surface area (Å²) in [6, 6.07) is 15.5. The molecule has 6 nitrogen and oxygen atoms in total. The molecule has 0 bridgehead atoms. The van der Waals surface area contributed by atoms with Crippen molar-refractivity contribution in [3.05, 3.63) is 65.4 Å². The average molecular weight is 435 g/mol. The third-order valence-corrected chi connectivity index (χ3v) is 5.76. The van der Waals surface area contributed by atoms with Crippen molar-refractivity contribution >= 4 is 23.1 Å². The van der Waals surface area contributed by atoms with Crippen LogP contribution in [0.5, 0.6) is 5.75 Å². The van der Waals surface area contributed by atoms with Crippen LogP contribution in [0.25, 0.3) is 5.57 Å². The maximum absolute atomic E-state index is 13.5. The molecule has 6 heteroatoms. The van der Waals surface area contributed by atoms with Crippen molar-refractivity contribution in [3.63, 3.8) is 0 Å². The Morgan fingerprint density at radius 3 is 2.47 bits per heavy atom. The normalized spacial score (nSPS) is 15.9. The summed E-state index contributed by atoms with van der Waals surface area (Å²) in [4.78, 5) is 30.3. The predicted molar refractivity (Wildman–Crippen MR) is 124 cm³/mol. The first-order valence-corrected chi connectivity index (χ1v) is 11.2. The van der Waals surface area contributed by atoms with Crippen LogP contribution in [-0.4, -0.2) is 50.1 Å². The first kappa shape index (κ1) is 22.1. The molecule has 4 rings (SSSR count). The van der Waals surface area contributed by atoms with Crippen LogP contribution in [0.3, 0.4) is 0 Å². The van der Waals surface area contributed by atoms with Crippen molar-refractivity contribution < 1.29 is 19.1 Å². The topological polar surface area (TPSA) is 59.1 Å². The van der Waals surface area contributed by atoms with Gasteiger partial charge in [-0.25, -0.2) is 0 Å². The Balaban J connectivity index is 1.71. The number of anilines is 1. The van der Waals surface area contributed by atoms with Gasteiger partial charge in [0.1, 0.15) is 11.4 Å². The van der Waals surface area contributed by atoms with Gasteiger partial charge < -0.3 is 14.4 Å². The minimum atomic E-state index is -0.249. The molecule has 0 fully saturated rings. The number of carbonyl (C=O) groups excluding carboxylic acids is 2. The average Bonchev–Trinajstić information content (AvgIpc) is 3.32. The summed E-state index contributed by atoms with van der Waals surface area (Å²) in [6.07, 6.45) is 1.45. The molecule has 0 aromatic heterocycles. The molecule has 0 radical (unpaired) electrons. The van der Waals surface area contributed by atoms with Gasteiger partial charge in [-0.3, -0.25) is 14.5 Å². The zero-order chi connectivity index (χ0) is 22.7. The van der Waals surface area contributed by atoms with Crippen molar-refractivity contribution in [2.75, 3.05) is 38.3 Å². The Bertz CT molecular complexity index is 1030. The number of para-hydroxylation sites is 1. The molecule has 2 amide bonds. The fraction of sp³-hybridized carbons (Fsp3) is 0.385. The summed E-state index contributed by atoms with van der Waals surface area (Å²) >= 11 is 0. The monoisotopic (exact) mass is 434 g/mol. The van der Waals surface area contributed by atoms with Crippen molar-refractivity contribution in [2.45, 2.75) is 26.7 Å². The highest BCUT2D eigenvalue weighted by Crippen LogP contribution is 2.38. The summed E-state index contributed by atoms with van der Waals surface area (Å²) in [5.74, 6) is 0.693. The van der Waals surface area contributed by atoms with Gasteiger partial charge in [-0.1, -0.05) is 44.2 Å². The summed E-state index contributed by atoms with van der Waals surface area (Å²) in [5, 5.41) is 0. The summed E-state index contributed by atoms with van der Waals surface area (Å²) < 4.78 is 10.9. The number of nitrogens with zero attached hydrogens (tertiary/aromatic N) is 2. The van der Waals surface area contributed by atoms with E-state index < -0.39 is 0 Å². The number of imide groups is 1. The number of carbonyl (C=O) groups is 2. The highest BCUT2D eigenvalue weighted by Gasteiger charge is 2.42. The van der Waals surface area contributed by atoms with Crippen LogP contribution in [0.1, 0.15) is 31.4 Å². The molecular weight excluding hydrogens is 404 g/mol. The molecule has 2 aromatic rings. The van der Waals surface area contributed by atoms with Gasteiger partial charge in [0.05, 0.1) is 12.2 Å². The Labute approximate surface area is 189 Å². The third kappa shape index (κ3) is 4.28. The van der Waals surface area contributed by atoms with E-state index in [4.69, 9.17) is 9.47 Å². The molecule has 0 atom stereocenters. The van der Waals surface area contributed by atoms with E-state index in [1.54, 1.807) is 7.11 Å². The van der Waals surface area contributed by atoms with Gasteiger partial charge in [0.2, 0.25) is 0 Å². The summed E-state index contributed by atoms with van der Waals surface area (Å²) in [7, 11) is 1.62. The molecule has 0 aliphatic carbocycles. The standard InChI is InChI=1S/C26H30N2O4/c1-18(2)17-32-21-11-9-20(10-12-21)23-24(26(30)28(25(23)29)14-6-16-31-3)27-15-13-19-7-4-5-8-22(19)27/h4-5,7-12,18H,6,13-17H2,1-3H3. The molecule has 168 valence electrons. The van der Waals surface area contributed by atoms with Gasteiger partial charge in [0, 0.05) is 32.5 Å². The largest absolute Gasteiger partial charge is 0.493 e. The van der Waals surface area contributed by atoms with E-state index in [0.717, 1.165) is 23.4 Å². The number of rotatable bonds is 9. The third-order valence-electron chi connectivity index (χ3n) is 5.76. The Morgan fingerprint density at radius 2 is 1.75 bits per heavy atom. The molecule has 2 heterocycles. The molecule has 0 N–H and O–H groups in total. The van der Waals surface area contributed by atoms with Gasteiger partial charge in [0.25, 0.3) is 11.8 Å². The number of ether oxygens (including phenoxy) is 2. The molecule has 0 unspecified atom stereocenters. The van der Waals surface area contributed by atoms with E-state index in [1.165, 1.54) is 10.5 Å². The predicted octanol–water partition coefficient (Wildman–Crippen LogP) is 3.90. The lowest BCUT2D eigenvalue weighted by atomic mass is 10.0. The van der Waals surface area contributed by atoms with Crippen molar-refractivity contribution in [2.24, 2.45) is 5.92 Å². The molecule has 2 aliphatic heterocycles. The van der Waals surface area contributed by atoms with Crippen LogP contribution in [0, 0.1) is 5.92 Å². The maximum atomic E-state index is 13.5. The first-order chi connectivity index (χ1) is 15.5. The molecule has 0 saturated heterocycles. The second kappa shape index (κ2) is 9.57. The minimum absolute atomic E-state index is 0.238. The number of fused-ring (bicyclic) bond motifs is 1. The Hall–Kier alpha value is -3.12. The molecular formula is C26H30N2O4. The van der Waals surface area contributed by atoms with Crippen molar-refractivity contribution in [3.8, 4) is 5.75 Å². The Morgan fingerprint density at radius 1 is 1.00 bits per heavy atom. The molecule has 32 heavy (non-hydrogen) atoms. The van der Waals surface area contributed by atoms with E-state index in [9.17, 15) is 9.59 Å². The van der Waals surface area contributed by atoms with Crippen LogP contribution in [0.15, 0.2) is 54.2 Å². The highest BCUT2D eigenvalue weighted by molar-refractivity contribution is 6.36. The maximum Gasteiger partial charge on any atom is 0.278 e. The number of hydrogen-bond acceptors (Lipinski definition) is 5. The zero-order valence-electron chi connectivity index (χ0n) is 19.0. The second-order valence-electron chi connectivity index (χ2n) is 8.59. The highest BCUT2D eigenvalue weighted by atomic mass is 16.5. The van der Waals surface area contributed by atoms with Crippen LogP contribution < -0.4 is 9.64 Å². The summed E-state index contributed by atoms with van der Waals surface area (Å²) in [5.41, 5.74) is 3.84. The number of benzene rings is 2. The number of hydrogen-bond donors (Lipinski definition) is 0. The van der Waals surface area contributed by atoms with Crippen LogP contribution in [0.4, 0.5) is 5.69 Å². The number of methoxy groups -OCH3 is 1. The van der Waals surface area contributed by atoms with Crippen LogP contribution in [0.2, 0.25) is 0 Å². The summed E-state index contributed by atoms with van der Waals surface area (Å²) in [6.45, 7) is 6.33.